The summed E-state index contributed by atoms with van der Waals surface area (Å²) in [4.78, 5) is 0. The highest BCUT2D eigenvalue weighted by atomic mass is 35.5. The van der Waals surface area contributed by atoms with Crippen molar-refractivity contribution in [2.75, 3.05) is 23.7 Å². The lowest BCUT2D eigenvalue weighted by Crippen LogP contribution is -2.27. The van der Waals surface area contributed by atoms with Crippen LogP contribution < -0.4 is 10.6 Å². The van der Waals surface area contributed by atoms with Gasteiger partial charge in [0.05, 0.1) is 16.4 Å². The standard InChI is InChI=1S/C11H14ClFN2/c1-11(2)5-14-9-3-7(12)8(13)4-10(9)15-6-11/h3-4,14-15H,5-6H2,1-2H3. The molecule has 0 spiro atoms. The molecule has 0 aromatic heterocycles. The lowest BCUT2D eigenvalue weighted by Gasteiger charge is -2.21. The Balaban J connectivity index is 2.36. The van der Waals surface area contributed by atoms with Gasteiger partial charge in [-0.1, -0.05) is 25.4 Å². The molecule has 2 nitrogen and oxygen atoms in total. The fourth-order valence-electron chi connectivity index (χ4n) is 1.57. The Morgan fingerprint density at radius 3 is 2.33 bits per heavy atom. The maximum Gasteiger partial charge on any atom is 0.143 e. The second-order valence-corrected chi connectivity index (χ2v) is 5.09. The van der Waals surface area contributed by atoms with Gasteiger partial charge in [-0.3, -0.25) is 0 Å². The number of rotatable bonds is 0. The third-order valence-corrected chi connectivity index (χ3v) is 2.86. The molecular weight excluding hydrogens is 215 g/mol. The van der Waals surface area contributed by atoms with Crippen molar-refractivity contribution in [2.24, 2.45) is 5.41 Å². The van der Waals surface area contributed by atoms with Gasteiger partial charge >= 0.3 is 0 Å². The molecular formula is C11H14ClFN2. The van der Waals surface area contributed by atoms with Crippen molar-refractivity contribution >= 4 is 23.0 Å². The number of halogens is 2. The summed E-state index contributed by atoms with van der Waals surface area (Å²) in [5.41, 5.74) is 1.79. The van der Waals surface area contributed by atoms with Crippen LogP contribution in [0, 0.1) is 11.2 Å². The number of anilines is 2. The van der Waals surface area contributed by atoms with E-state index in [2.05, 4.69) is 24.5 Å². The average molecular weight is 229 g/mol. The maximum absolute atomic E-state index is 13.2. The molecule has 1 aliphatic rings. The van der Waals surface area contributed by atoms with Gasteiger partial charge in [-0.2, -0.15) is 0 Å². The summed E-state index contributed by atoms with van der Waals surface area (Å²) in [6.45, 7) is 5.96. The summed E-state index contributed by atoms with van der Waals surface area (Å²) in [6.07, 6.45) is 0. The van der Waals surface area contributed by atoms with Gasteiger partial charge in [0, 0.05) is 19.2 Å². The van der Waals surface area contributed by atoms with E-state index in [1.165, 1.54) is 6.07 Å². The molecule has 2 rings (SSSR count). The van der Waals surface area contributed by atoms with Gasteiger partial charge in [-0.05, 0) is 11.5 Å². The van der Waals surface area contributed by atoms with Crippen molar-refractivity contribution in [3.63, 3.8) is 0 Å². The molecule has 0 aliphatic carbocycles. The summed E-state index contributed by atoms with van der Waals surface area (Å²) in [6, 6.07) is 3.06. The Kier molecular flexibility index (Phi) is 2.51. The molecule has 15 heavy (non-hydrogen) atoms. The Bertz CT molecular complexity index is 355. The Morgan fingerprint density at radius 2 is 1.73 bits per heavy atom. The molecule has 0 saturated heterocycles. The van der Waals surface area contributed by atoms with Crippen LogP contribution in [-0.2, 0) is 0 Å². The van der Waals surface area contributed by atoms with Gasteiger partial charge < -0.3 is 10.6 Å². The highest BCUT2D eigenvalue weighted by Crippen LogP contribution is 2.32. The fourth-order valence-corrected chi connectivity index (χ4v) is 1.73. The smallest absolute Gasteiger partial charge is 0.143 e. The number of fused-ring (bicyclic) bond motifs is 1. The van der Waals surface area contributed by atoms with E-state index in [0.29, 0.717) is 0 Å². The lowest BCUT2D eigenvalue weighted by molar-refractivity contribution is 0.423. The highest BCUT2D eigenvalue weighted by Gasteiger charge is 2.22. The molecule has 0 saturated carbocycles. The molecule has 0 amide bonds. The normalized spacial score (nSPS) is 18.4. The van der Waals surface area contributed by atoms with Crippen molar-refractivity contribution in [1.29, 1.82) is 0 Å². The van der Waals surface area contributed by atoms with Crippen LogP contribution in [0.5, 0.6) is 0 Å². The van der Waals surface area contributed by atoms with Crippen molar-refractivity contribution in [2.45, 2.75) is 13.8 Å². The summed E-state index contributed by atoms with van der Waals surface area (Å²) in [5.74, 6) is -0.385. The van der Waals surface area contributed by atoms with Gasteiger partial charge in [0.15, 0.2) is 0 Å². The topological polar surface area (TPSA) is 24.1 Å². The number of nitrogens with one attached hydrogen (secondary N) is 2. The molecule has 1 aromatic rings. The van der Waals surface area contributed by atoms with E-state index in [-0.39, 0.29) is 16.3 Å². The number of hydrogen-bond acceptors (Lipinski definition) is 2. The summed E-state index contributed by atoms with van der Waals surface area (Å²) in [7, 11) is 0. The SMILES string of the molecule is CC1(C)CNc2cc(F)c(Cl)cc2NC1. The van der Waals surface area contributed by atoms with Crippen LogP contribution in [0.1, 0.15) is 13.8 Å². The fraction of sp³-hybridized carbons (Fsp3) is 0.455. The maximum atomic E-state index is 13.2. The second kappa shape index (κ2) is 3.56. The van der Waals surface area contributed by atoms with Crippen LogP contribution in [0.15, 0.2) is 12.1 Å². The van der Waals surface area contributed by atoms with Crippen molar-refractivity contribution < 1.29 is 4.39 Å². The molecule has 82 valence electrons. The van der Waals surface area contributed by atoms with Crippen LogP contribution in [0.25, 0.3) is 0 Å². The second-order valence-electron chi connectivity index (χ2n) is 4.68. The first-order valence-corrected chi connectivity index (χ1v) is 5.32. The van der Waals surface area contributed by atoms with E-state index in [1.807, 2.05) is 0 Å². The van der Waals surface area contributed by atoms with Crippen molar-refractivity contribution in [3.05, 3.63) is 23.0 Å². The first-order valence-electron chi connectivity index (χ1n) is 4.95. The van der Waals surface area contributed by atoms with Crippen LogP contribution in [-0.4, -0.2) is 13.1 Å². The zero-order valence-electron chi connectivity index (χ0n) is 8.82. The average Bonchev–Trinajstić information content (AvgIpc) is 2.29. The van der Waals surface area contributed by atoms with E-state index < -0.39 is 0 Å². The Labute approximate surface area is 93.8 Å². The first-order chi connectivity index (χ1) is 6.98. The van der Waals surface area contributed by atoms with Crippen LogP contribution in [0.2, 0.25) is 5.02 Å². The third kappa shape index (κ3) is 2.17. The minimum Gasteiger partial charge on any atom is -0.383 e. The van der Waals surface area contributed by atoms with Crippen molar-refractivity contribution in [1.82, 2.24) is 0 Å². The predicted molar refractivity (Wildman–Crippen MR) is 62.2 cm³/mol. The van der Waals surface area contributed by atoms with E-state index in [9.17, 15) is 4.39 Å². The first kappa shape index (κ1) is 10.6. The van der Waals surface area contributed by atoms with Crippen LogP contribution >= 0.6 is 11.6 Å². The largest absolute Gasteiger partial charge is 0.383 e. The van der Waals surface area contributed by atoms with Gasteiger partial charge in [-0.25, -0.2) is 4.39 Å². The summed E-state index contributed by atoms with van der Waals surface area (Å²) in [5, 5.41) is 6.65. The van der Waals surface area contributed by atoms with E-state index in [4.69, 9.17) is 11.6 Å². The predicted octanol–water partition coefficient (Wildman–Crippen LogP) is 3.34. The van der Waals surface area contributed by atoms with E-state index >= 15 is 0 Å². The van der Waals surface area contributed by atoms with Gasteiger partial charge in [0.25, 0.3) is 0 Å². The zero-order chi connectivity index (χ0) is 11.1. The highest BCUT2D eigenvalue weighted by molar-refractivity contribution is 6.31. The molecule has 1 heterocycles. The summed E-state index contributed by atoms with van der Waals surface area (Å²) < 4.78 is 13.2. The molecule has 0 atom stereocenters. The van der Waals surface area contributed by atoms with Crippen LogP contribution in [0.4, 0.5) is 15.8 Å². The molecule has 4 heteroatoms. The Morgan fingerprint density at radius 1 is 1.20 bits per heavy atom. The van der Waals surface area contributed by atoms with E-state index in [0.717, 1.165) is 24.5 Å². The van der Waals surface area contributed by atoms with Crippen LogP contribution in [0.3, 0.4) is 0 Å². The molecule has 1 aliphatic heterocycles. The van der Waals surface area contributed by atoms with Gasteiger partial charge in [-0.15, -0.1) is 0 Å². The number of hydrogen-bond donors (Lipinski definition) is 2. The molecule has 0 fully saturated rings. The number of benzene rings is 1. The summed E-state index contributed by atoms with van der Waals surface area (Å²) >= 11 is 5.73. The van der Waals surface area contributed by atoms with E-state index in [1.54, 1.807) is 6.07 Å². The minimum absolute atomic E-state index is 0.141. The molecule has 2 N–H and O–H groups in total. The zero-order valence-corrected chi connectivity index (χ0v) is 9.58. The Hall–Kier alpha value is -0.960. The van der Waals surface area contributed by atoms with Gasteiger partial charge in [0.2, 0.25) is 0 Å². The third-order valence-electron chi connectivity index (χ3n) is 2.58. The molecule has 0 radical (unpaired) electrons. The molecule has 1 aromatic carbocycles. The molecule has 0 bridgehead atoms. The van der Waals surface area contributed by atoms with Gasteiger partial charge in [0.1, 0.15) is 5.82 Å². The molecule has 0 unspecified atom stereocenters. The monoisotopic (exact) mass is 228 g/mol. The lowest BCUT2D eigenvalue weighted by atomic mass is 9.94. The minimum atomic E-state index is -0.385. The quantitative estimate of drug-likeness (QED) is 0.712. The van der Waals surface area contributed by atoms with Crippen molar-refractivity contribution in [3.8, 4) is 0 Å².